The average molecular weight is 253 g/mol. The molecule has 0 saturated carbocycles. The van der Waals surface area contributed by atoms with Gasteiger partial charge < -0.3 is 10.6 Å². The van der Waals surface area contributed by atoms with Crippen molar-refractivity contribution in [3.63, 3.8) is 0 Å². The molecule has 0 aromatic carbocycles. The van der Waals surface area contributed by atoms with E-state index >= 15 is 0 Å². The van der Waals surface area contributed by atoms with Gasteiger partial charge in [0.15, 0.2) is 0 Å². The van der Waals surface area contributed by atoms with Crippen molar-refractivity contribution < 1.29 is 4.79 Å². The van der Waals surface area contributed by atoms with Crippen molar-refractivity contribution >= 4 is 30.1 Å². The first-order valence-corrected chi connectivity index (χ1v) is 6.49. The Balaban J connectivity index is 0.00000196. The Hall–Kier alpha value is 0.0700. The first kappa shape index (κ1) is 15.1. The van der Waals surface area contributed by atoms with E-state index in [0.29, 0.717) is 0 Å². The van der Waals surface area contributed by atoms with E-state index in [1.165, 1.54) is 6.42 Å². The standard InChI is InChI=1S/C10H20N2OS.ClH/c1-2-5-11-6-7-12-10(13)9-4-3-8-14-9;/h9,11H,2-8H2,1H3,(H,12,13);1H. The highest BCUT2D eigenvalue weighted by Gasteiger charge is 2.22. The van der Waals surface area contributed by atoms with Gasteiger partial charge in [-0.2, -0.15) is 0 Å². The summed E-state index contributed by atoms with van der Waals surface area (Å²) in [5, 5.41) is 6.44. The average Bonchev–Trinajstić information content (AvgIpc) is 2.70. The molecule has 1 rings (SSSR count). The van der Waals surface area contributed by atoms with Crippen LogP contribution in [0.15, 0.2) is 0 Å². The van der Waals surface area contributed by atoms with Crippen molar-refractivity contribution in [1.29, 1.82) is 0 Å². The maximum Gasteiger partial charge on any atom is 0.233 e. The van der Waals surface area contributed by atoms with Crippen molar-refractivity contribution in [2.75, 3.05) is 25.4 Å². The van der Waals surface area contributed by atoms with E-state index < -0.39 is 0 Å². The fraction of sp³-hybridized carbons (Fsp3) is 0.900. The minimum absolute atomic E-state index is 0. The Morgan fingerprint density at radius 1 is 1.40 bits per heavy atom. The highest BCUT2D eigenvalue weighted by molar-refractivity contribution is 8.00. The molecule has 0 radical (unpaired) electrons. The highest BCUT2D eigenvalue weighted by atomic mass is 35.5. The summed E-state index contributed by atoms with van der Waals surface area (Å²) >= 11 is 1.79. The molecule has 0 spiro atoms. The zero-order valence-corrected chi connectivity index (χ0v) is 10.9. The van der Waals surface area contributed by atoms with Gasteiger partial charge in [-0.25, -0.2) is 0 Å². The number of hydrogen-bond donors (Lipinski definition) is 2. The van der Waals surface area contributed by atoms with Crippen molar-refractivity contribution in [3.8, 4) is 0 Å². The molecule has 3 nitrogen and oxygen atoms in total. The molecule has 1 aliphatic rings. The summed E-state index contributed by atoms with van der Waals surface area (Å²) in [5.41, 5.74) is 0. The summed E-state index contributed by atoms with van der Waals surface area (Å²) in [6.07, 6.45) is 3.39. The number of thioether (sulfide) groups is 1. The molecule has 1 atom stereocenters. The quantitative estimate of drug-likeness (QED) is 0.703. The van der Waals surface area contributed by atoms with Gasteiger partial charge in [0.05, 0.1) is 5.25 Å². The van der Waals surface area contributed by atoms with Gasteiger partial charge in [-0.1, -0.05) is 6.92 Å². The zero-order valence-electron chi connectivity index (χ0n) is 9.25. The van der Waals surface area contributed by atoms with Gasteiger partial charge in [0.25, 0.3) is 0 Å². The van der Waals surface area contributed by atoms with Gasteiger partial charge in [-0.05, 0) is 31.6 Å². The lowest BCUT2D eigenvalue weighted by atomic mass is 10.2. The zero-order chi connectivity index (χ0) is 10.2. The van der Waals surface area contributed by atoms with Crippen LogP contribution in [0, 0.1) is 0 Å². The van der Waals surface area contributed by atoms with Crippen LogP contribution in [-0.2, 0) is 4.79 Å². The van der Waals surface area contributed by atoms with Crippen LogP contribution in [0.4, 0.5) is 0 Å². The molecule has 1 heterocycles. The van der Waals surface area contributed by atoms with Crippen LogP contribution in [0.5, 0.6) is 0 Å². The lowest BCUT2D eigenvalue weighted by molar-refractivity contribution is -0.120. The number of amides is 1. The second kappa shape index (κ2) is 9.31. The van der Waals surface area contributed by atoms with Crippen LogP contribution in [0.2, 0.25) is 0 Å². The van der Waals surface area contributed by atoms with Gasteiger partial charge in [0.2, 0.25) is 5.91 Å². The summed E-state index contributed by atoms with van der Waals surface area (Å²) < 4.78 is 0. The second-order valence-corrected chi connectivity index (χ2v) is 4.85. The SMILES string of the molecule is CCCNCCNC(=O)C1CCCS1.Cl. The molecular weight excluding hydrogens is 232 g/mol. The van der Waals surface area contributed by atoms with Crippen molar-refractivity contribution in [1.82, 2.24) is 10.6 Å². The number of nitrogens with one attached hydrogen (secondary N) is 2. The van der Waals surface area contributed by atoms with E-state index in [9.17, 15) is 4.79 Å². The molecule has 0 aromatic heterocycles. The number of rotatable bonds is 6. The molecule has 90 valence electrons. The van der Waals surface area contributed by atoms with Crippen LogP contribution >= 0.6 is 24.2 Å². The Morgan fingerprint density at radius 3 is 2.80 bits per heavy atom. The maximum absolute atomic E-state index is 11.5. The first-order valence-electron chi connectivity index (χ1n) is 5.44. The van der Waals surface area contributed by atoms with Crippen LogP contribution < -0.4 is 10.6 Å². The van der Waals surface area contributed by atoms with Crippen LogP contribution in [0.25, 0.3) is 0 Å². The molecule has 15 heavy (non-hydrogen) atoms. The molecule has 0 bridgehead atoms. The molecule has 5 heteroatoms. The van der Waals surface area contributed by atoms with Crippen molar-refractivity contribution in [2.24, 2.45) is 0 Å². The summed E-state index contributed by atoms with van der Waals surface area (Å²) in [4.78, 5) is 11.5. The molecule has 1 amide bonds. The lowest BCUT2D eigenvalue weighted by Gasteiger charge is -2.09. The molecule has 1 unspecified atom stereocenters. The summed E-state index contributed by atoms with van der Waals surface area (Å²) in [6, 6.07) is 0. The molecule has 1 aliphatic heterocycles. The third-order valence-corrected chi connectivity index (χ3v) is 3.63. The third-order valence-electron chi connectivity index (χ3n) is 2.25. The van der Waals surface area contributed by atoms with Crippen LogP contribution in [0.3, 0.4) is 0 Å². The Labute approximate surface area is 103 Å². The van der Waals surface area contributed by atoms with E-state index in [0.717, 1.165) is 38.2 Å². The van der Waals surface area contributed by atoms with Crippen molar-refractivity contribution in [2.45, 2.75) is 31.4 Å². The number of carbonyl (C=O) groups is 1. The van der Waals surface area contributed by atoms with E-state index in [2.05, 4.69) is 17.6 Å². The van der Waals surface area contributed by atoms with Gasteiger partial charge >= 0.3 is 0 Å². The van der Waals surface area contributed by atoms with Crippen molar-refractivity contribution in [3.05, 3.63) is 0 Å². The minimum atomic E-state index is 0. The molecule has 2 N–H and O–H groups in total. The van der Waals surface area contributed by atoms with E-state index in [-0.39, 0.29) is 23.6 Å². The van der Waals surface area contributed by atoms with Crippen LogP contribution in [-0.4, -0.2) is 36.5 Å². The van der Waals surface area contributed by atoms with Gasteiger partial charge in [0, 0.05) is 13.1 Å². The smallest absolute Gasteiger partial charge is 0.233 e. The van der Waals surface area contributed by atoms with E-state index in [1.54, 1.807) is 11.8 Å². The molecule has 0 aromatic rings. The maximum atomic E-state index is 11.5. The molecule has 0 aliphatic carbocycles. The molecular formula is C10H21ClN2OS. The largest absolute Gasteiger partial charge is 0.354 e. The Morgan fingerprint density at radius 2 is 2.20 bits per heavy atom. The molecule has 1 fully saturated rings. The number of halogens is 1. The summed E-state index contributed by atoms with van der Waals surface area (Å²) in [7, 11) is 0. The predicted molar refractivity (Wildman–Crippen MR) is 68.9 cm³/mol. The van der Waals surface area contributed by atoms with Gasteiger partial charge in [0.1, 0.15) is 0 Å². The summed E-state index contributed by atoms with van der Waals surface area (Å²) in [6.45, 7) is 4.82. The topological polar surface area (TPSA) is 41.1 Å². The van der Waals surface area contributed by atoms with Gasteiger partial charge in [-0.3, -0.25) is 4.79 Å². The highest BCUT2D eigenvalue weighted by Crippen LogP contribution is 2.25. The third kappa shape index (κ3) is 6.28. The second-order valence-electron chi connectivity index (χ2n) is 3.54. The number of carbonyl (C=O) groups excluding carboxylic acids is 1. The van der Waals surface area contributed by atoms with Gasteiger partial charge in [-0.15, -0.1) is 24.2 Å². The summed E-state index contributed by atoms with van der Waals surface area (Å²) in [5.74, 6) is 1.37. The first-order chi connectivity index (χ1) is 6.84. The van der Waals surface area contributed by atoms with Crippen LogP contribution in [0.1, 0.15) is 26.2 Å². The lowest BCUT2D eigenvalue weighted by Crippen LogP contribution is -2.36. The monoisotopic (exact) mass is 252 g/mol. The predicted octanol–water partition coefficient (Wildman–Crippen LogP) is 1.42. The Kier molecular flexibility index (Phi) is 9.35. The fourth-order valence-electron chi connectivity index (χ4n) is 1.47. The fourth-order valence-corrected chi connectivity index (χ4v) is 2.66. The van der Waals surface area contributed by atoms with E-state index in [4.69, 9.17) is 0 Å². The minimum Gasteiger partial charge on any atom is -0.354 e. The number of hydrogen-bond acceptors (Lipinski definition) is 3. The molecule has 1 saturated heterocycles. The van der Waals surface area contributed by atoms with E-state index in [1.807, 2.05) is 0 Å². The Bertz CT molecular complexity index is 175. The normalized spacial score (nSPS) is 19.7.